The molecule has 0 bridgehead atoms. The Bertz CT molecular complexity index is 672. The first-order chi connectivity index (χ1) is 9.18. The third kappa shape index (κ3) is 5.91. The van der Waals surface area contributed by atoms with E-state index in [1.165, 1.54) is 18.2 Å². The zero-order chi connectivity index (χ0) is 15.4. The molecule has 21 heavy (non-hydrogen) atoms. The average Bonchev–Trinajstić information content (AvgIpc) is 2.33. The monoisotopic (exact) mass is 356 g/mol. The standard InChI is InChI=1S/C12H20N2O4S2.ClH/c1-10-5-6-11(19(3,15)16)9-12(10)20(17,18)14-8-4-7-13-2;/h5-6,9,13-14H,4,7-8H2,1-3H3;1H. The van der Waals surface area contributed by atoms with E-state index >= 15 is 0 Å². The molecule has 0 saturated heterocycles. The Morgan fingerprint density at radius 2 is 1.71 bits per heavy atom. The second kappa shape index (κ2) is 8.09. The first-order valence-electron chi connectivity index (χ1n) is 6.13. The van der Waals surface area contributed by atoms with Crippen molar-refractivity contribution in [3.05, 3.63) is 23.8 Å². The molecule has 1 rings (SSSR count). The van der Waals surface area contributed by atoms with Crippen molar-refractivity contribution < 1.29 is 16.8 Å². The van der Waals surface area contributed by atoms with Crippen LogP contribution in [0, 0.1) is 6.92 Å². The Balaban J connectivity index is 0.00000400. The molecular weight excluding hydrogens is 336 g/mol. The SMILES string of the molecule is CNCCCNS(=O)(=O)c1cc(S(C)(=O)=O)ccc1C.Cl. The zero-order valence-corrected chi connectivity index (χ0v) is 14.7. The number of hydrogen-bond donors (Lipinski definition) is 2. The van der Waals surface area contributed by atoms with Crippen molar-refractivity contribution in [2.75, 3.05) is 26.4 Å². The van der Waals surface area contributed by atoms with Gasteiger partial charge in [-0.2, -0.15) is 0 Å². The quantitative estimate of drug-likeness (QED) is 0.702. The number of sulfonamides is 1. The highest BCUT2D eigenvalue weighted by molar-refractivity contribution is 7.91. The molecule has 122 valence electrons. The van der Waals surface area contributed by atoms with Gasteiger partial charge in [0.05, 0.1) is 9.79 Å². The van der Waals surface area contributed by atoms with Crippen molar-refractivity contribution in [3.8, 4) is 0 Å². The van der Waals surface area contributed by atoms with Crippen molar-refractivity contribution in [3.63, 3.8) is 0 Å². The summed E-state index contributed by atoms with van der Waals surface area (Å²) in [5, 5.41) is 2.92. The first kappa shape index (κ1) is 20.3. The van der Waals surface area contributed by atoms with E-state index in [1.54, 1.807) is 14.0 Å². The summed E-state index contributed by atoms with van der Waals surface area (Å²) in [4.78, 5) is 0.00332. The van der Waals surface area contributed by atoms with Gasteiger partial charge in [-0.3, -0.25) is 0 Å². The minimum atomic E-state index is -3.70. The fourth-order valence-electron chi connectivity index (χ4n) is 1.65. The number of rotatable bonds is 7. The molecule has 0 spiro atoms. The van der Waals surface area contributed by atoms with Crippen molar-refractivity contribution in [2.24, 2.45) is 0 Å². The Kier molecular flexibility index (Phi) is 7.83. The van der Waals surface area contributed by atoms with Crippen LogP contribution in [0.25, 0.3) is 0 Å². The summed E-state index contributed by atoms with van der Waals surface area (Å²) in [6, 6.07) is 4.11. The van der Waals surface area contributed by atoms with Gasteiger partial charge in [-0.1, -0.05) is 6.07 Å². The minimum Gasteiger partial charge on any atom is -0.320 e. The van der Waals surface area contributed by atoms with Crippen molar-refractivity contribution in [1.29, 1.82) is 0 Å². The maximum atomic E-state index is 12.2. The van der Waals surface area contributed by atoms with E-state index in [0.29, 0.717) is 25.1 Å². The lowest BCUT2D eigenvalue weighted by Crippen LogP contribution is -2.27. The molecule has 0 aromatic heterocycles. The highest BCUT2D eigenvalue weighted by Crippen LogP contribution is 2.19. The topological polar surface area (TPSA) is 92.3 Å². The van der Waals surface area contributed by atoms with Gasteiger partial charge in [-0.15, -0.1) is 12.4 Å². The molecule has 1 aromatic rings. The molecule has 9 heteroatoms. The van der Waals surface area contributed by atoms with Crippen molar-refractivity contribution >= 4 is 32.3 Å². The van der Waals surface area contributed by atoms with Gasteiger partial charge in [0.15, 0.2) is 9.84 Å². The van der Waals surface area contributed by atoms with Crippen LogP contribution in [0.1, 0.15) is 12.0 Å². The van der Waals surface area contributed by atoms with Gasteiger partial charge in [-0.25, -0.2) is 21.6 Å². The molecule has 0 unspecified atom stereocenters. The van der Waals surface area contributed by atoms with Gasteiger partial charge in [0.2, 0.25) is 10.0 Å². The number of sulfone groups is 1. The number of benzene rings is 1. The van der Waals surface area contributed by atoms with E-state index in [9.17, 15) is 16.8 Å². The predicted molar refractivity (Wildman–Crippen MR) is 85.3 cm³/mol. The predicted octanol–water partition coefficient (Wildman–Crippen LogP) is 0.708. The van der Waals surface area contributed by atoms with E-state index in [2.05, 4.69) is 10.0 Å². The highest BCUT2D eigenvalue weighted by atomic mass is 35.5. The van der Waals surface area contributed by atoms with Crippen LogP contribution in [0.15, 0.2) is 28.0 Å². The third-order valence-corrected chi connectivity index (χ3v) is 5.49. The summed E-state index contributed by atoms with van der Waals surface area (Å²) in [5.41, 5.74) is 0.513. The fraction of sp³-hybridized carbons (Fsp3) is 0.500. The second-order valence-corrected chi connectivity index (χ2v) is 8.31. The maximum Gasteiger partial charge on any atom is 0.240 e. The van der Waals surface area contributed by atoms with E-state index in [0.717, 1.165) is 6.26 Å². The molecule has 0 amide bonds. The number of halogens is 1. The molecule has 0 aliphatic rings. The van der Waals surface area contributed by atoms with Crippen LogP contribution in [0.4, 0.5) is 0 Å². The molecule has 0 atom stereocenters. The second-order valence-electron chi connectivity index (χ2n) is 4.55. The van der Waals surface area contributed by atoms with Gasteiger partial charge >= 0.3 is 0 Å². The molecule has 0 heterocycles. The third-order valence-electron chi connectivity index (χ3n) is 2.77. The smallest absolute Gasteiger partial charge is 0.240 e. The van der Waals surface area contributed by atoms with Crippen LogP contribution in [0.2, 0.25) is 0 Å². The summed E-state index contributed by atoms with van der Waals surface area (Å²) in [6.07, 6.45) is 1.70. The van der Waals surface area contributed by atoms with Crippen LogP contribution < -0.4 is 10.0 Å². The first-order valence-corrected chi connectivity index (χ1v) is 9.51. The normalized spacial score (nSPS) is 12.0. The summed E-state index contributed by atoms with van der Waals surface area (Å²) in [5.74, 6) is 0. The van der Waals surface area contributed by atoms with Crippen molar-refractivity contribution in [1.82, 2.24) is 10.0 Å². The fourth-order valence-corrected chi connectivity index (χ4v) is 3.71. The lowest BCUT2D eigenvalue weighted by atomic mass is 10.2. The molecule has 1 aromatic carbocycles. The molecule has 0 aliphatic heterocycles. The van der Waals surface area contributed by atoms with Gasteiger partial charge < -0.3 is 5.32 Å². The summed E-state index contributed by atoms with van der Waals surface area (Å²) >= 11 is 0. The molecule has 0 aliphatic carbocycles. The lowest BCUT2D eigenvalue weighted by Gasteiger charge is -2.10. The van der Waals surface area contributed by atoms with Crippen LogP contribution in [0.5, 0.6) is 0 Å². The molecule has 0 radical (unpaired) electrons. The zero-order valence-electron chi connectivity index (χ0n) is 12.2. The van der Waals surface area contributed by atoms with Crippen LogP contribution >= 0.6 is 12.4 Å². The largest absolute Gasteiger partial charge is 0.320 e. The van der Waals surface area contributed by atoms with Gasteiger partial charge in [-0.05, 0) is 44.6 Å². The van der Waals surface area contributed by atoms with E-state index < -0.39 is 19.9 Å². The van der Waals surface area contributed by atoms with E-state index in [4.69, 9.17) is 0 Å². The Hall–Kier alpha value is -0.670. The molecule has 2 N–H and O–H groups in total. The van der Waals surface area contributed by atoms with Crippen molar-refractivity contribution in [2.45, 2.75) is 23.1 Å². The lowest BCUT2D eigenvalue weighted by molar-refractivity contribution is 0.576. The highest BCUT2D eigenvalue weighted by Gasteiger charge is 2.19. The minimum absolute atomic E-state index is 0. The molecule has 6 nitrogen and oxygen atoms in total. The number of hydrogen-bond acceptors (Lipinski definition) is 5. The number of nitrogens with one attached hydrogen (secondary N) is 2. The molecular formula is C12H21ClN2O4S2. The number of aryl methyl sites for hydroxylation is 1. The Morgan fingerprint density at radius 3 is 2.24 bits per heavy atom. The Labute approximate surface area is 132 Å². The Morgan fingerprint density at radius 1 is 1.10 bits per heavy atom. The summed E-state index contributed by atoms with van der Waals surface area (Å²) in [6.45, 7) is 2.63. The van der Waals surface area contributed by atoms with E-state index in [-0.39, 0.29) is 22.2 Å². The summed E-state index contributed by atoms with van der Waals surface area (Å²) in [7, 11) is -5.34. The van der Waals surface area contributed by atoms with Gasteiger partial charge in [0.25, 0.3) is 0 Å². The molecule has 0 fully saturated rings. The van der Waals surface area contributed by atoms with Gasteiger partial charge in [0.1, 0.15) is 0 Å². The van der Waals surface area contributed by atoms with Crippen LogP contribution in [-0.2, 0) is 19.9 Å². The van der Waals surface area contributed by atoms with E-state index in [1.807, 2.05) is 0 Å². The van der Waals surface area contributed by atoms with Gasteiger partial charge in [0, 0.05) is 12.8 Å². The van der Waals surface area contributed by atoms with Crippen LogP contribution in [-0.4, -0.2) is 43.2 Å². The maximum absolute atomic E-state index is 12.2. The summed E-state index contributed by atoms with van der Waals surface area (Å²) < 4.78 is 49.8. The average molecular weight is 357 g/mol. The van der Waals surface area contributed by atoms with Crippen LogP contribution in [0.3, 0.4) is 0 Å². The molecule has 0 saturated carbocycles.